The van der Waals surface area contributed by atoms with Gasteiger partial charge in [0.15, 0.2) is 0 Å². The molecule has 2 N–H and O–H groups in total. The summed E-state index contributed by atoms with van der Waals surface area (Å²) in [4.78, 5) is 31.3. The van der Waals surface area contributed by atoms with E-state index in [1.165, 1.54) is 4.90 Å². The highest BCUT2D eigenvalue weighted by Crippen LogP contribution is 2.50. The fourth-order valence-corrected chi connectivity index (χ4v) is 6.49. The third-order valence-corrected chi connectivity index (χ3v) is 9.06. The third-order valence-electron chi connectivity index (χ3n) is 9.06. The Morgan fingerprint density at radius 1 is 1.11 bits per heavy atom. The second-order valence-electron chi connectivity index (χ2n) is 11.5. The van der Waals surface area contributed by atoms with Gasteiger partial charge in [-0.1, -0.05) is 6.07 Å². The summed E-state index contributed by atoms with van der Waals surface area (Å²) in [6, 6.07) is 5.64. The third kappa shape index (κ3) is 4.57. The number of methoxy groups -OCH3 is 1. The summed E-state index contributed by atoms with van der Waals surface area (Å²) in [5.41, 5.74) is 0.0807. The minimum absolute atomic E-state index is 0.124. The highest BCUT2D eigenvalue weighted by Gasteiger charge is 2.58. The summed E-state index contributed by atoms with van der Waals surface area (Å²) in [6.45, 7) is 6.58. The number of fused-ring (bicyclic) bond motifs is 1. The number of imide groups is 1. The minimum atomic E-state index is -1.13. The van der Waals surface area contributed by atoms with Crippen LogP contribution in [0.5, 0.6) is 5.75 Å². The van der Waals surface area contributed by atoms with Crippen LogP contribution >= 0.6 is 0 Å². The van der Waals surface area contributed by atoms with Gasteiger partial charge in [-0.15, -0.1) is 0 Å². The fraction of sp³-hybridized carbons (Fsp3) is 0.714. The molecule has 2 aliphatic carbocycles. The van der Waals surface area contributed by atoms with Gasteiger partial charge in [0.2, 0.25) is 5.91 Å². The summed E-state index contributed by atoms with van der Waals surface area (Å²) in [5.74, 6) is 1.53. The molecule has 0 aromatic heterocycles. The molecule has 4 fully saturated rings. The Balaban J connectivity index is 1.59. The lowest BCUT2D eigenvalue weighted by molar-refractivity contribution is -0.141. The van der Waals surface area contributed by atoms with Gasteiger partial charge in [-0.3, -0.25) is 9.69 Å². The Kier molecular flexibility index (Phi) is 6.60. The van der Waals surface area contributed by atoms with Gasteiger partial charge in [-0.05, 0) is 100 Å². The molecule has 2 aliphatic heterocycles. The van der Waals surface area contributed by atoms with Crippen molar-refractivity contribution >= 4 is 11.9 Å². The Hall–Kier alpha value is -2.12. The predicted molar refractivity (Wildman–Crippen MR) is 134 cm³/mol. The first-order valence-electron chi connectivity index (χ1n) is 13.5. The molecule has 0 spiro atoms. The van der Waals surface area contributed by atoms with Crippen molar-refractivity contribution in [2.24, 2.45) is 11.8 Å². The summed E-state index contributed by atoms with van der Waals surface area (Å²) < 4.78 is 5.57. The van der Waals surface area contributed by atoms with Gasteiger partial charge < -0.3 is 20.1 Å². The maximum absolute atomic E-state index is 14.1. The van der Waals surface area contributed by atoms with Crippen molar-refractivity contribution in [3.8, 4) is 5.75 Å². The minimum Gasteiger partial charge on any atom is -0.497 e. The Morgan fingerprint density at radius 3 is 2.51 bits per heavy atom. The molecule has 1 aromatic carbocycles. The number of nitrogens with zero attached hydrogens (tertiary/aromatic N) is 2. The number of hydrogen-bond acceptors (Lipinski definition) is 5. The van der Waals surface area contributed by atoms with E-state index < -0.39 is 11.0 Å². The number of piperidine rings is 1. The molecule has 3 amide bonds. The van der Waals surface area contributed by atoms with Gasteiger partial charge >= 0.3 is 6.03 Å². The maximum atomic E-state index is 14.1. The number of hydrogen-bond donors (Lipinski definition) is 2. The summed E-state index contributed by atoms with van der Waals surface area (Å²) in [7, 11) is 1.65. The van der Waals surface area contributed by atoms with Crippen LogP contribution < -0.4 is 10.1 Å². The largest absolute Gasteiger partial charge is 0.497 e. The summed E-state index contributed by atoms with van der Waals surface area (Å²) in [6.07, 6.45) is 6.45. The number of rotatable bonds is 6. The standard InChI is InChI=1S/C28H41N3O4/c1-19-5-10-23(35-3)15-24(19)27-12-13-29-20(2)28(27,34)11-4-14-30(17-21-6-7-21)26(33)31(25(32)16-27)18-22-8-9-22/h5,10,15,20-22,29,34H,4,6-9,11-14,16-18H2,1-3H3/t20-,27-,28-/m1/s1. The number of carbonyl (C=O) groups excluding carboxylic acids is 2. The predicted octanol–water partition coefficient (Wildman–Crippen LogP) is 3.61. The van der Waals surface area contributed by atoms with Gasteiger partial charge in [-0.2, -0.15) is 0 Å². The van der Waals surface area contributed by atoms with E-state index in [1.807, 2.05) is 36.9 Å². The molecule has 1 aromatic rings. The molecular formula is C28H41N3O4. The Labute approximate surface area is 209 Å². The molecule has 0 radical (unpaired) electrons. The van der Waals surface area contributed by atoms with Crippen molar-refractivity contribution in [2.75, 3.05) is 33.3 Å². The highest BCUT2D eigenvalue weighted by molar-refractivity contribution is 5.95. The van der Waals surface area contributed by atoms with Crippen molar-refractivity contribution in [2.45, 2.75) is 82.3 Å². The van der Waals surface area contributed by atoms with Gasteiger partial charge in [0.25, 0.3) is 0 Å². The van der Waals surface area contributed by atoms with E-state index in [0.717, 1.165) is 49.1 Å². The van der Waals surface area contributed by atoms with Gasteiger partial charge in [0.05, 0.1) is 12.7 Å². The number of aliphatic hydroxyl groups is 1. The normalized spacial score (nSPS) is 32.4. The van der Waals surface area contributed by atoms with E-state index in [-0.39, 0.29) is 24.4 Å². The Morgan fingerprint density at radius 2 is 1.83 bits per heavy atom. The molecule has 2 saturated heterocycles. The number of amides is 3. The molecule has 2 saturated carbocycles. The average molecular weight is 484 g/mol. The van der Waals surface area contributed by atoms with Crippen molar-refractivity contribution in [3.63, 3.8) is 0 Å². The lowest BCUT2D eigenvalue weighted by atomic mass is 9.56. The van der Waals surface area contributed by atoms with Crippen molar-refractivity contribution < 1.29 is 19.4 Å². The quantitative estimate of drug-likeness (QED) is 0.646. The molecule has 7 heteroatoms. The molecule has 7 nitrogen and oxygen atoms in total. The fourth-order valence-electron chi connectivity index (χ4n) is 6.49. The first-order valence-corrected chi connectivity index (χ1v) is 13.5. The summed E-state index contributed by atoms with van der Waals surface area (Å²) in [5, 5.41) is 16.0. The smallest absolute Gasteiger partial charge is 0.326 e. The van der Waals surface area contributed by atoms with Crippen LogP contribution in [-0.4, -0.2) is 71.8 Å². The van der Waals surface area contributed by atoms with E-state index >= 15 is 0 Å². The van der Waals surface area contributed by atoms with Crippen LogP contribution in [0.3, 0.4) is 0 Å². The molecule has 3 atom stereocenters. The zero-order valence-electron chi connectivity index (χ0n) is 21.5. The lowest BCUT2D eigenvalue weighted by Gasteiger charge is -2.56. The van der Waals surface area contributed by atoms with Gasteiger partial charge in [0, 0.05) is 37.5 Å². The van der Waals surface area contributed by atoms with Crippen LogP contribution in [0.4, 0.5) is 4.79 Å². The summed E-state index contributed by atoms with van der Waals surface area (Å²) >= 11 is 0. The second-order valence-corrected chi connectivity index (χ2v) is 11.5. The van der Waals surface area contributed by atoms with E-state index in [1.54, 1.807) is 7.11 Å². The average Bonchev–Trinajstić information content (AvgIpc) is 3.76. The van der Waals surface area contributed by atoms with Gasteiger partial charge in [-0.25, -0.2) is 4.79 Å². The molecule has 192 valence electrons. The maximum Gasteiger partial charge on any atom is 0.326 e. The van der Waals surface area contributed by atoms with Crippen LogP contribution in [0, 0.1) is 18.8 Å². The number of carbonyl (C=O) groups is 2. The topological polar surface area (TPSA) is 82.1 Å². The number of nitrogens with one attached hydrogen (secondary N) is 1. The zero-order valence-corrected chi connectivity index (χ0v) is 21.5. The monoisotopic (exact) mass is 483 g/mol. The number of ether oxygens (including phenoxy) is 1. The van der Waals surface area contributed by atoms with Crippen LogP contribution in [0.1, 0.15) is 69.4 Å². The molecule has 4 aliphatic rings. The molecule has 0 unspecified atom stereocenters. The van der Waals surface area contributed by atoms with Crippen LogP contribution in [0.25, 0.3) is 0 Å². The molecule has 5 rings (SSSR count). The first kappa shape index (κ1) is 24.6. The van der Waals surface area contributed by atoms with E-state index in [2.05, 4.69) is 5.32 Å². The first-order chi connectivity index (χ1) is 16.8. The second kappa shape index (κ2) is 9.40. The lowest BCUT2D eigenvalue weighted by Crippen LogP contribution is -2.68. The van der Waals surface area contributed by atoms with Gasteiger partial charge in [0.1, 0.15) is 5.75 Å². The Bertz CT molecular complexity index is 975. The van der Waals surface area contributed by atoms with Crippen LogP contribution in [-0.2, 0) is 10.2 Å². The molecule has 35 heavy (non-hydrogen) atoms. The zero-order chi connectivity index (χ0) is 24.8. The SMILES string of the molecule is COc1ccc(C)c([C@]23CCN[C@H](C)[C@]2(O)CCCN(CC2CC2)C(=O)N(CC2CC2)C(=O)C3)c1. The molecule has 0 bridgehead atoms. The molecular weight excluding hydrogens is 442 g/mol. The van der Waals surface area contributed by atoms with Crippen LogP contribution in [0.15, 0.2) is 18.2 Å². The van der Waals surface area contributed by atoms with Crippen molar-refractivity contribution in [1.82, 2.24) is 15.1 Å². The van der Waals surface area contributed by atoms with Crippen LogP contribution in [0.2, 0.25) is 0 Å². The van der Waals surface area contributed by atoms with Crippen molar-refractivity contribution in [1.29, 1.82) is 0 Å². The van der Waals surface area contributed by atoms with E-state index in [4.69, 9.17) is 4.74 Å². The highest BCUT2D eigenvalue weighted by atomic mass is 16.5. The van der Waals surface area contributed by atoms with E-state index in [9.17, 15) is 14.7 Å². The number of aryl methyl sites for hydroxylation is 1. The molecule has 2 heterocycles. The van der Waals surface area contributed by atoms with E-state index in [0.29, 0.717) is 50.7 Å². The number of urea groups is 1. The van der Waals surface area contributed by atoms with Crippen molar-refractivity contribution in [3.05, 3.63) is 29.3 Å². The number of benzene rings is 1.